The van der Waals surface area contributed by atoms with Crippen LogP contribution in [0.2, 0.25) is 0 Å². The van der Waals surface area contributed by atoms with Crippen molar-refractivity contribution in [3.63, 3.8) is 0 Å². The van der Waals surface area contributed by atoms with Gasteiger partial charge in [0, 0.05) is 60.7 Å². The molecule has 0 aliphatic heterocycles. The maximum absolute atomic E-state index is 14.6. The third-order valence-corrected chi connectivity index (χ3v) is 14.5. The van der Waals surface area contributed by atoms with Crippen molar-refractivity contribution < 1.29 is 4.79 Å². The zero-order valence-electron chi connectivity index (χ0n) is 38.2. The number of carbonyl (C=O) groups excluding carboxylic acids is 1. The topological polar surface area (TPSA) is 39.8 Å². The summed E-state index contributed by atoms with van der Waals surface area (Å²) in [6, 6.07) is 82.2. The van der Waals surface area contributed by atoms with Gasteiger partial charge in [-0.3, -0.25) is 4.79 Å². The lowest BCUT2D eigenvalue weighted by Crippen LogP contribution is -2.02. The number of hydrogen-bond donors (Lipinski definition) is 0. The summed E-state index contributed by atoms with van der Waals surface area (Å²) in [5.41, 5.74) is 21.2. The van der Waals surface area contributed by atoms with Gasteiger partial charge in [0.15, 0.2) is 5.78 Å². The first kappa shape index (κ1) is 40.0. The number of Topliss-reactive ketones (excluding diaryl/α,β-unsaturated/α-hetero) is 1. The maximum Gasteiger partial charge on any atom is 0.193 e. The highest BCUT2D eigenvalue weighted by Crippen LogP contribution is 2.51. The van der Waals surface area contributed by atoms with Gasteiger partial charge in [-0.1, -0.05) is 158 Å². The molecule has 2 aliphatic carbocycles. The lowest BCUT2D eigenvalue weighted by atomic mass is 9.83. The number of aromatic nitrogens is 3. The largest absolute Gasteiger partial charge is 0.309 e. The number of hydrogen-bond acceptors (Lipinski definition) is 2. The summed E-state index contributed by atoms with van der Waals surface area (Å²) in [4.78, 5) is 19.8. The monoisotopic (exact) mass is 893 g/mol. The molecule has 0 amide bonds. The molecule has 4 heteroatoms. The zero-order valence-corrected chi connectivity index (χ0v) is 38.2. The van der Waals surface area contributed by atoms with Gasteiger partial charge in [0.1, 0.15) is 0 Å². The number of ketones is 1. The van der Waals surface area contributed by atoms with Gasteiger partial charge in [0.05, 0.1) is 33.5 Å². The van der Waals surface area contributed by atoms with E-state index >= 15 is 0 Å². The first-order chi connectivity index (χ1) is 34.6. The molecule has 70 heavy (non-hydrogen) atoms. The highest BCUT2D eigenvalue weighted by molar-refractivity contribution is 6.32. The Balaban J connectivity index is 0.960. The van der Waals surface area contributed by atoms with Crippen molar-refractivity contribution in [1.82, 2.24) is 14.1 Å². The molecule has 3 aromatic heterocycles. The van der Waals surface area contributed by atoms with Gasteiger partial charge in [-0.25, -0.2) is 4.98 Å². The van der Waals surface area contributed by atoms with Crippen molar-refractivity contribution in [2.75, 3.05) is 0 Å². The van der Waals surface area contributed by atoms with Crippen molar-refractivity contribution in [2.45, 2.75) is 12.8 Å². The second-order valence-corrected chi connectivity index (χ2v) is 18.5. The Kier molecular flexibility index (Phi) is 9.15. The minimum absolute atomic E-state index is 0.0972. The molecule has 0 bridgehead atoms. The zero-order chi connectivity index (χ0) is 46.3. The normalized spacial score (nSPS) is 13.4. The molecular formula is C66H43N3O. The Hall–Kier alpha value is -9.12. The van der Waals surface area contributed by atoms with Crippen LogP contribution in [0.25, 0.3) is 111 Å². The van der Waals surface area contributed by atoms with Gasteiger partial charge < -0.3 is 9.13 Å². The first-order valence-corrected chi connectivity index (χ1v) is 24.1. The van der Waals surface area contributed by atoms with Crippen LogP contribution in [0.5, 0.6) is 0 Å². The summed E-state index contributed by atoms with van der Waals surface area (Å²) in [6.45, 7) is 0. The first-order valence-electron chi connectivity index (χ1n) is 24.1. The summed E-state index contributed by atoms with van der Waals surface area (Å²) in [7, 11) is 0. The average Bonchev–Trinajstić information content (AvgIpc) is 4.06. The van der Waals surface area contributed by atoms with Crippen molar-refractivity contribution in [2.24, 2.45) is 0 Å². The fourth-order valence-corrected chi connectivity index (χ4v) is 11.4. The van der Waals surface area contributed by atoms with E-state index < -0.39 is 0 Å². The van der Waals surface area contributed by atoms with E-state index in [2.05, 4.69) is 228 Å². The van der Waals surface area contributed by atoms with Crippen LogP contribution >= 0.6 is 0 Å². The molecule has 12 aromatic rings. The number of benzene rings is 9. The summed E-state index contributed by atoms with van der Waals surface area (Å²) < 4.78 is 4.75. The van der Waals surface area contributed by atoms with Gasteiger partial charge in [-0.15, -0.1) is 0 Å². The van der Waals surface area contributed by atoms with Crippen molar-refractivity contribution in [3.8, 4) is 56.1 Å². The molecule has 0 saturated heterocycles. The van der Waals surface area contributed by atoms with Gasteiger partial charge in [0.2, 0.25) is 0 Å². The van der Waals surface area contributed by atoms with Crippen LogP contribution in [0.15, 0.2) is 242 Å². The molecule has 14 rings (SSSR count). The van der Waals surface area contributed by atoms with Gasteiger partial charge in [0.25, 0.3) is 0 Å². The predicted molar refractivity (Wildman–Crippen MR) is 290 cm³/mol. The fraction of sp³-hybridized carbons (Fsp3) is 0.0303. The highest BCUT2D eigenvalue weighted by atomic mass is 16.1. The van der Waals surface area contributed by atoms with Crippen LogP contribution in [-0.4, -0.2) is 19.9 Å². The van der Waals surface area contributed by atoms with Crippen LogP contribution in [-0.2, 0) is 0 Å². The molecule has 0 spiro atoms. The molecule has 0 saturated carbocycles. The minimum atomic E-state index is 0.0972. The van der Waals surface area contributed by atoms with Gasteiger partial charge in [-0.05, 0) is 131 Å². The van der Waals surface area contributed by atoms with Crippen LogP contribution < -0.4 is 0 Å². The molecule has 0 unspecified atom stereocenters. The van der Waals surface area contributed by atoms with Crippen LogP contribution in [0.4, 0.5) is 0 Å². The minimum Gasteiger partial charge on any atom is -0.309 e. The molecule has 3 heterocycles. The third kappa shape index (κ3) is 6.30. The van der Waals surface area contributed by atoms with E-state index in [-0.39, 0.29) is 5.78 Å². The van der Waals surface area contributed by atoms with E-state index in [0.717, 1.165) is 108 Å². The standard InChI is InChI=1S/C66H43N3O/c70-66-53-28-15-26-50(64(53)65-51(27-16-29-54(65)66)47-40-58(42-17-5-1-6-18-42)67-59(41-47)43-19-7-2-8-20-43)46-33-36-63-57(39-46)56-38-45(32-35-62(56)69(63)49-23-11-4-12-24-49)44-31-34-61-55(37-44)52-25-13-14-30-60(52)68(61)48-21-9-3-10-22-48/h1-15,17-26,28-41H,16,27H2. The summed E-state index contributed by atoms with van der Waals surface area (Å²) in [6.07, 6.45) is 3.77. The van der Waals surface area contributed by atoms with Crippen molar-refractivity contribution in [3.05, 3.63) is 259 Å². The second-order valence-electron chi connectivity index (χ2n) is 18.5. The van der Waals surface area contributed by atoms with E-state index in [1.807, 2.05) is 18.2 Å². The Bertz CT molecular complexity index is 4100. The molecule has 4 nitrogen and oxygen atoms in total. The van der Waals surface area contributed by atoms with Gasteiger partial charge in [-0.2, -0.15) is 0 Å². The number of carbonyl (C=O) groups is 1. The molecule has 0 radical (unpaired) electrons. The fourth-order valence-electron chi connectivity index (χ4n) is 11.4. The van der Waals surface area contributed by atoms with Crippen molar-refractivity contribution >= 4 is 60.5 Å². The molecule has 328 valence electrons. The SMILES string of the molecule is O=C1C2=CCCC(c3cc(-c4ccccc4)nc(-c4ccccc4)c3)=C2c2c1cccc2-c1ccc2c(c1)c1cc(-c3ccc4c(c3)c3ccccc3n4-c3ccccc3)ccc1n2-c1ccccc1. The lowest BCUT2D eigenvalue weighted by Gasteiger charge is -2.20. The molecule has 0 fully saturated rings. The van der Waals surface area contributed by atoms with Crippen LogP contribution in [0, 0.1) is 0 Å². The number of allylic oxidation sites excluding steroid dienone is 4. The summed E-state index contributed by atoms with van der Waals surface area (Å²) in [5, 5.41) is 4.78. The third-order valence-electron chi connectivity index (χ3n) is 14.5. The quantitative estimate of drug-likeness (QED) is 0.160. The van der Waals surface area contributed by atoms with E-state index in [4.69, 9.17) is 4.98 Å². The number of pyridine rings is 1. The lowest BCUT2D eigenvalue weighted by molar-refractivity contribution is 0.104. The Morgan fingerprint density at radius 3 is 1.43 bits per heavy atom. The Labute approximate surface area is 405 Å². The summed E-state index contributed by atoms with van der Waals surface area (Å²) >= 11 is 0. The average molecular weight is 894 g/mol. The predicted octanol–water partition coefficient (Wildman–Crippen LogP) is 16.8. The molecule has 0 N–H and O–H groups in total. The second kappa shape index (κ2) is 16.0. The number of fused-ring (bicyclic) bond motifs is 9. The summed E-state index contributed by atoms with van der Waals surface area (Å²) in [5.74, 6) is 0.0972. The van der Waals surface area contributed by atoms with Crippen molar-refractivity contribution in [1.29, 1.82) is 0 Å². The number of para-hydroxylation sites is 3. The number of rotatable bonds is 7. The highest BCUT2D eigenvalue weighted by Gasteiger charge is 2.36. The van der Waals surface area contributed by atoms with Crippen LogP contribution in [0.3, 0.4) is 0 Å². The van der Waals surface area contributed by atoms with E-state index in [1.54, 1.807) is 0 Å². The van der Waals surface area contributed by atoms with Crippen LogP contribution in [0.1, 0.15) is 34.3 Å². The molecule has 2 aliphatic rings. The van der Waals surface area contributed by atoms with E-state index in [0.29, 0.717) is 0 Å². The Morgan fingerprint density at radius 1 is 0.371 bits per heavy atom. The van der Waals surface area contributed by atoms with E-state index in [1.165, 1.54) is 38.3 Å². The maximum atomic E-state index is 14.6. The smallest absolute Gasteiger partial charge is 0.193 e. The molecular weight excluding hydrogens is 851 g/mol. The number of nitrogens with zero attached hydrogens (tertiary/aromatic N) is 3. The molecule has 0 atom stereocenters. The molecule has 9 aromatic carbocycles. The van der Waals surface area contributed by atoms with E-state index in [9.17, 15) is 4.79 Å². The van der Waals surface area contributed by atoms with Gasteiger partial charge >= 0.3 is 0 Å². The Morgan fingerprint density at radius 2 is 0.843 bits per heavy atom.